The summed E-state index contributed by atoms with van der Waals surface area (Å²) in [4.78, 5) is 12.3. The molecule has 1 aliphatic rings. The van der Waals surface area contributed by atoms with Crippen molar-refractivity contribution >= 4 is 34.0 Å². The molecule has 1 aliphatic heterocycles. The van der Waals surface area contributed by atoms with Crippen LogP contribution < -0.4 is 14.8 Å². The molecule has 1 aromatic heterocycles. The maximum absolute atomic E-state index is 12.3. The number of aromatic nitrogens is 2. The number of amides is 1. The van der Waals surface area contributed by atoms with Crippen molar-refractivity contribution < 1.29 is 14.3 Å². The third kappa shape index (κ3) is 3.73. The number of fused-ring (bicyclic) bond motifs is 1. The van der Waals surface area contributed by atoms with Crippen LogP contribution in [0.3, 0.4) is 0 Å². The SMILES string of the molecule is CCCCCc1nnc(NC(=O)c2cc(Cl)c3c(c2)OCO3)s1. The summed E-state index contributed by atoms with van der Waals surface area (Å²) in [6.45, 7) is 2.26. The lowest BCUT2D eigenvalue weighted by Crippen LogP contribution is -2.11. The van der Waals surface area contributed by atoms with E-state index in [1.807, 2.05) is 0 Å². The molecule has 23 heavy (non-hydrogen) atoms. The average Bonchev–Trinajstić information content (AvgIpc) is 3.17. The zero-order valence-electron chi connectivity index (χ0n) is 12.6. The van der Waals surface area contributed by atoms with Gasteiger partial charge < -0.3 is 9.47 Å². The van der Waals surface area contributed by atoms with Crippen molar-refractivity contribution in [1.29, 1.82) is 0 Å². The largest absolute Gasteiger partial charge is 0.454 e. The Morgan fingerprint density at radius 2 is 2.22 bits per heavy atom. The molecule has 1 aromatic carbocycles. The van der Waals surface area contributed by atoms with Crippen molar-refractivity contribution in [3.63, 3.8) is 0 Å². The van der Waals surface area contributed by atoms with Gasteiger partial charge in [-0.25, -0.2) is 0 Å². The summed E-state index contributed by atoms with van der Waals surface area (Å²) < 4.78 is 10.5. The van der Waals surface area contributed by atoms with Gasteiger partial charge in [0.15, 0.2) is 11.5 Å². The number of hydrogen-bond donors (Lipinski definition) is 1. The Morgan fingerprint density at radius 1 is 1.35 bits per heavy atom. The van der Waals surface area contributed by atoms with Crippen molar-refractivity contribution in [3.05, 3.63) is 27.7 Å². The van der Waals surface area contributed by atoms with E-state index in [2.05, 4.69) is 22.4 Å². The van der Waals surface area contributed by atoms with Crippen LogP contribution in [0.5, 0.6) is 11.5 Å². The number of unbranched alkanes of at least 4 members (excludes halogenated alkanes) is 2. The van der Waals surface area contributed by atoms with E-state index in [1.54, 1.807) is 12.1 Å². The van der Waals surface area contributed by atoms with Gasteiger partial charge in [0.25, 0.3) is 5.91 Å². The molecule has 0 unspecified atom stereocenters. The van der Waals surface area contributed by atoms with E-state index >= 15 is 0 Å². The molecule has 0 spiro atoms. The molecular formula is C15H16ClN3O3S. The number of anilines is 1. The Morgan fingerprint density at radius 3 is 3.04 bits per heavy atom. The average molecular weight is 354 g/mol. The molecule has 2 aromatic rings. The first-order valence-corrected chi connectivity index (χ1v) is 8.59. The van der Waals surface area contributed by atoms with Crippen LogP contribution in [0.15, 0.2) is 12.1 Å². The van der Waals surface area contributed by atoms with Gasteiger partial charge in [0.05, 0.1) is 5.02 Å². The maximum Gasteiger partial charge on any atom is 0.257 e. The summed E-state index contributed by atoms with van der Waals surface area (Å²) in [5.74, 6) is 0.638. The highest BCUT2D eigenvalue weighted by molar-refractivity contribution is 7.15. The number of benzene rings is 1. The molecule has 2 heterocycles. The van der Waals surface area contributed by atoms with E-state index in [9.17, 15) is 4.79 Å². The minimum absolute atomic E-state index is 0.109. The predicted octanol–water partition coefficient (Wildman–Crippen LogP) is 3.91. The first-order chi connectivity index (χ1) is 11.2. The van der Waals surface area contributed by atoms with E-state index in [4.69, 9.17) is 21.1 Å². The van der Waals surface area contributed by atoms with Gasteiger partial charge in [-0.05, 0) is 18.6 Å². The molecule has 0 fully saturated rings. The zero-order chi connectivity index (χ0) is 16.2. The van der Waals surface area contributed by atoms with Crippen LogP contribution in [0.4, 0.5) is 5.13 Å². The van der Waals surface area contributed by atoms with E-state index in [1.165, 1.54) is 11.3 Å². The second-order valence-corrected chi connectivity index (χ2v) is 6.57. The fraction of sp³-hybridized carbons (Fsp3) is 0.400. The van der Waals surface area contributed by atoms with Gasteiger partial charge >= 0.3 is 0 Å². The minimum Gasteiger partial charge on any atom is -0.454 e. The third-order valence-corrected chi connectivity index (χ3v) is 4.55. The van der Waals surface area contributed by atoms with Gasteiger partial charge in [-0.15, -0.1) is 10.2 Å². The molecule has 8 heteroatoms. The molecule has 6 nitrogen and oxygen atoms in total. The van der Waals surface area contributed by atoms with Crippen LogP contribution in [0.1, 0.15) is 41.6 Å². The Balaban J connectivity index is 1.66. The number of ether oxygens (including phenoxy) is 2. The van der Waals surface area contributed by atoms with Crippen LogP contribution in [0.25, 0.3) is 0 Å². The van der Waals surface area contributed by atoms with E-state index < -0.39 is 0 Å². The highest BCUT2D eigenvalue weighted by Gasteiger charge is 2.21. The second kappa shape index (κ2) is 7.14. The lowest BCUT2D eigenvalue weighted by molar-refractivity contribution is 0.102. The van der Waals surface area contributed by atoms with Gasteiger partial charge in [-0.2, -0.15) is 0 Å². The summed E-state index contributed by atoms with van der Waals surface area (Å²) in [6, 6.07) is 3.15. The fourth-order valence-electron chi connectivity index (χ4n) is 2.20. The number of nitrogens with zero attached hydrogens (tertiary/aromatic N) is 2. The van der Waals surface area contributed by atoms with E-state index in [0.29, 0.717) is 27.2 Å². The molecule has 3 rings (SSSR count). The Hall–Kier alpha value is -1.86. The first-order valence-electron chi connectivity index (χ1n) is 7.40. The topological polar surface area (TPSA) is 73.3 Å². The highest BCUT2D eigenvalue weighted by atomic mass is 35.5. The number of carbonyl (C=O) groups excluding carboxylic acids is 1. The molecule has 122 valence electrons. The van der Waals surface area contributed by atoms with Gasteiger partial charge in [0.1, 0.15) is 5.01 Å². The minimum atomic E-state index is -0.304. The summed E-state index contributed by atoms with van der Waals surface area (Å²) in [5, 5.41) is 12.6. The summed E-state index contributed by atoms with van der Waals surface area (Å²) in [5.41, 5.74) is 0.391. The predicted molar refractivity (Wildman–Crippen MR) is 88.7 cm³/mol. The normalized spacial score (nSPS) is 12.4. The van der Waals surface area contributed by atoms with Crippen LogP contribution in [-0.2, 0) is 6.42 Å². The standard InChI is InChI=1S/C15H16ClN3O3S/c1-2-3-4-5-12-18-19-15(23-12)17-14(20)9-6-10(16)13-11(7-9)21-8-22-13/h6-7H,2-5,8H2,1H3,(H,17,19,20). The molecule has 0 saturated heterocycles. The zero-order valence-corrected chi connectivity index (χ0v) is 14.2. The number of hydrogen-bond acceptors (Lipinski definition) is 6. The number of aryl methyl sites for hydroxylation is 1. The maximum atomic E-state index is 12.3. The van der Waals surface area contributed by atoms with Gasteiger partial charge in [-0.1, -0.05) is 42.7 Å². The molecular weight excluding hydrogens is 338 g/mol. The van der Waals surface area contributed by atoms with E-state index in [0.717, 1.165) is 30.7 Å². The highest BCUT2D eigenvalue weighted by Crippen LogP contribution is 2.39. The fourth-order valence-corrected chi connectivity index (χ4v) is 3.24. The van der Waals surface area contributed by atoms with Gasteiger partial charge in [-0.3, -0.25) is 10.1 Å². The molecule has 0 saturated carbocycles. The van der Waals surface area contributed by atoms with Crippen molar-refractivity contribution in [2.75, 3.05) is 12.1 Å². The first kappa shape index (κ1) is 16.0. The summed E-state index contributed by atoms with van der Waals surface area (Å²) in [6.07, 6.45) is 4.29. The summed E-state index contributed by atoms with van der Waals surface area (Å²) in [7, 11) is 0. The van der Waals surface area contributed by atoms with Crippen molar-refractivity contribution in [2.24, 2.45) is 0 Å². The van der Waals surface area contributed by atoms with Crippen molar-refractivity contribution in [2.45, 2.75) is 32.6 Å². The number of nitrogens with one attached hydrogen (secondary N) is 1. The Labute approximate surface area is 142 Å². The molecule has 1 N–H and O–H groups in total. The summed E-state index contributed by atoms with van der Waals surface area (Å²) >= 11 is 7.48. The quantitative estimate of drug-likeness (QED) is 0.797. The van der Waals surface area contributed by atoms with Crippen molar-refractivity contribution in [1.82, 2.24) is 10.2 Å². The van der Waals surface area contributed by atoms with Crippen molar-refractivity contribution in [3.8, 4) is 11.5 Å². The molecule has 1 amide bonds. The van der Waals surface area contributed by atoms with Gasteiger partial charge in [0.2, 0.25) is 11.9 Å². The lowest BCUT2D eigenvalue weighted by atomic mass is 10.2. The third-order valence-electron chi connectivity index (χ3n) is 3.37. The Bertz CT molecular complexity index is 720. The second-order valence-electron chi connectivity index (χ2n) is 5.10. The lowest BCUT2D eigenvalue weighted by Gasteiger charge is -2.04. The van der Waals surface area contributed by atoms with E-state index in [-0.39, 0.29) is 12.7 Å². The molecule has 0 radical (unpaired) electrons. The monoisotopic (exact) mass is 353 g/mol. The number of rotatable bonds is 6. The smallest absolute Gasteiger partial charge is 0.257 e. The molecule has 0 atom stereocenters. The molecule has 0 aliphatic carbocycles. The van der Waals surface area contributed by atoms with Crippen LogP contribution in [-0.4, -0.2) is 22.9 Å². The number of carbonyl (C=O) groups is 1. The molecule has 0 bridgehead atoms. The van der Waals surface area contributed by atoms with Gasteiger partial charge in [0, 0.05) is 12.0 Å². The number of halogens is 1. The van der Waals surface area contributed by atoms with Crippen LogP contribution in [0.2, 0.25) is 5.02 Å². The van der Waals surface area contributed by atoms with Crippen LogP contribution in [0, 0.1) is 0 Å². The Kier molecular flexibility index (Phi) is 4.97. The van der Waals surface area contributed by atoms with Crippen LogP contribution >= 0.6 is 22.9 Å².